The van der Waals surface area contributed by atoms with E-state index in [-0.39, 0.29) is 0 Å². The third-order valence-electron chi connectivity index (χ3n) is 3.27. The van der Waals surface area contributed by atoms with E-state index in [0.29, 0.717) is 12.1 Å². The second-order valence-electron chi connectivity index (χ2n) is 4.97. The normalized spacial score (nSPS) is 29.8. The van der Waals surface area contributed by atoms with Crippen LogP contribution in [0.15, 0.2) is 0 Å². The molecule has 1 saturated heterocycles. The summed E-state index contributed by atoms with van der Waals surface area (Å²) in [5.41, 5.74) is 0. The highest BCUT2D eigenvalue weighted by Gasteiger charge is 2.30. The van der Waals surface area contributed by atoms with Gasteiger partial charge in [-0.15, -0.1) is 0 Å². The number of ether oxygens (including phenoxy) is 1. The molecule has 0 spiro atoms. The second-order valence-corrected chi connectivity index (χ2v) is 4.97. The molecule has 0 aromatic rings. The molecular weight excluding hydrogens is 174 g/mol. The Bertz CT molecular complexity index is 158. The first kappa shape index (κ1) is 12.0. The molecule has 14 heavy (non-hydrogen) atoms. The summed E-state index contributed by atoms with van der Waals surface area (Å²) in [6.07, 6.45) is 4.20. The van der Waals surface area contributed by atoms with Crippen molar-refractivity contribution in [3.63, 3.8) is 0 Å². The SMILES string of the molecule is CNC(CCC(C)C)C1OCCC1C. The zero-order valence-electron chi connectivity index (χ0n) is 10.0. The van der Waals surface area contributed by atoms with Crippen LogP contribution in [0.4, 0.5) is 0 Å². The van der Waals surface area contributed by atoms with Crippen LogP contribution >= 0.6 is 0 Å². The summed E-state index contributed by atoms with van der Waals surface area (Å²) < 4.78 is 5.79. The van der Waals surface area contributed by atoms with E-state index in [1.165, 1.54) is 19.3 Å². The lowest BCUT2D eigenvalue weighted by molar-refractivity contribution is 0.0590. The van der Waals surface area contributed by atoms with Gasteiger partial charge in [0.15, 0.2) is 0 Å². The third-order valence-corrected chi connectivity index (χ3v) is 3.27. The van der Waals surface area contributed by atoms with Crippen LogP contribution in [0.5, 0.6) is 0 Å². The van der Waals surface area contributed by atoms with E-state index < -0.39 is 0 Å². The van der Waals surface area contributed by atoms with Crippen LogP contribution in [0, 0.1) is 11.8 Å². The lowest BCUT2D eigenvalue weighted by atomic mass is 9.92. The fourth-order valence-corrected chi connectivity index (χ4v) is 2.22. The van der Waals surface area contributed by atoms with Crippen LogP contribution in [-0.4, -0.2) is 25.8 Å². The molecule has 2 nitrogen and oxygen atoms in total. The number of nitrogens with one attached hydrogen (secondary N) is 1. The van der Waals surface area contributed by atoms with Gasteiger partial charge in [-0.3, -0.25) is 0 Å². The molecule has 1 aliphatic heterocycles. The van der Waals surface area contributed by atoms with Crippen molar-refractivity contribution in [2.45, 2.75) is 52.2 Å². The maximum absolute atomic E-state index is 5.79. The standard InChI is InChI=1S/C12H25NO/c1-9(2)5-6-11(13-4)12-10(3)7-8-14-12/h9-13H,5-8H2,1-4H3. The molecule has 1 aliphatic rings. The summed E-state index contributed by atoms with van der Waals surface area (Å²) in [4.78, 5) is 0. The summed E-state index contributed by atoms with van der Waals surface area (Å²) in [6, 6.07) is 0.551. The van der Waals surface area contributed by atoms with Crippen LogP contribution in [0.1, 0.15) is 40.0 Å². The van der Waals surface area contributed by atoms with E-state index in [2.05, 4.69) is 33.1 Å². The highest BCUT2D eigenvalue weighted by Crippen LogP contribution is 2.25. The van der Waals surface area contributed by atoms with E-state index in [0.717, 1.165) is 18.4 Å². The molecule has 84 valence electrons. The lowest BCUT2D eigenvalue weighted by Crippen LogP contribution is -2.40. The fraction of sp³-hybridized carbons (Fsp3) is 1.00. The molecule has 0 aromatic carbocycles. The van der Waals surface area contributed by atoms with Gasteiger partial charge < -0.3 is 10.1 Å². The smallest absolute Gasteiger partial charge is 0.0754 e. The van der Waals surface area contributed by atoms with E-state index in [1.54, 1.807) is 0 Å². The molecule has 0 aromatic heterocycles. The van der Waals surface area contributed by atoms with Gasteiger partial charge in [0.1, 0.15) is 0 Å². The minimum Gasteiger partial charge on any atom is -0.376 e. The van der Waals surface area contributed by atoms with Gasteiger partial charge in [-0.1, -0.05) is 20.8 Å². The Morgan fingerprint density at radius 2 is 2.07 bits per heavy atom. The van der Waals surface area contributed by atoms with Gasteiger partial charge in [0.25, 0.3) is 0 Å². The van der Waals surface area contributed by atoms with Gasteiger partial charge in [0.2, 0.25) is 0 Å². The van der Waals surface area contributed by atoms with Crippen molar-refractivity contribution in [1.29, 1.82) is 0 Å². The van der Waals surface area contributed by atoms with Crippen LogP contribution in [0.3, 0.4) is 0 Å². The summed E-state index contributed by atoms with van der Waals surface area (Å²) in [7, 11) is 2.05. The largest absolute Gasteiger partial charge is 0.376 e. The molecule has 3 unspecified atom stereocenters. The summed E-state index contributed by atoms with van der Waals surface area (Å²) in [5.74, 6) is 1.52. The molecule has 0 radical (unpaired) electrons. The molecular formula is C12H25NO. The summed E-state index contributed by atoms with van der Waals surface area (Å²) in [5, 5.41) is 3.40. The van der Waals surface area contributed by atoms with E-state index in [9.17, 15) is 0 Å². The first-order valence-corrected chi connectivity index (χ1v) is 5.94. The maximum atomic E-state index is 5.79. The minimum absolute atomic E-state index is 0.443. The van der Waals surface area contributed by atoms with Crippen molar-refractivity contribution >= 4 is 0 Å². The molecule has 0 bridgehead atoms. The quantitative estimate of drug-likeness (QED) is 0.734. The van der Waals surface area contributed by atoms with Gasteiger partial charge in [0.05, 0.1) is 6.10 Å². The first-order valence-electron chi connectivity index (χ1n) is 5.94. The first-order chi connectivity index (χ1) is 6.65. The number of rotatable bonds is 5. The second kappa shape index (κ2) is 5.72. The monoisotopic (exact) mass is 199 g/mol. The molecule has 3 atom stereocenters. The Morgan fingerprint density at radius 3 is 2.50 bits per heavy atom. The third kappa shape index (κ3) is 3.25. The van der Waals surface area contributed by atoms with Crippen molar-refractivity contribution in [2.75, 3.05) is 13.7 Å². The Labute approximate surface area is 88.4 Å². The lowest BCUT2D eigenvalue weighted by Gasteiger charge is -2.26. The van der Waals surface area contributed by atoms with Crippen molar-refractivity contribution in [3.8, 4) is 0 Å². The minimum atomic E-state index is 0.443. The van der Waals surface area contributed by atoms with Gasteiger partial charge in [-0.25, -0.2) is 0 Å². The molecule has 1 rings (SSSR count). The zero-order chi connectivity index (χ0) is 10.6. The van der Waals surface area contributed by atoms with Crippen LogP contribution < -0.4 is 5.32 Å². The van der Waals surface area contributed by atoms with E-state index in [4.69, 9.17) is 4.74 Å². The Kier molecular flexibility index (Phi) is 4.90. The van der Waals surface area contributed by atoms with Crippen molar-refractivity contribution < 1.29 is 4.74 Å². The molecule has 2 heteroatoms. The molecule has 0 aliphatic carbocycles. The van der Waals surface area contributed by atoms with E-state index >= 15 is 0 Å². The van der Waals surface area contributed by atoms with Gasteiger partial charge >= 0.3 is 0 Å². The number of hydrogen-bond donors (Lipinski definition) is 1. The van der Waals surface area contributed by atoms with Crippen LogP contribution in [0.25, 0.3) is 0 Å². The molecule has 1 heterocycles. The summed E-state index contributed by atoms with van der Waals surface area (Å²) >= 11 is 0. The highest BCUT2D eigenvalue weighted by molar-refractivity contribution is 4.84. The zero-order valence-corrected chi connectivity index (χ0v) is 10.0. The average molecular weight is 199 g/mol. The molecule has 1 N–H and O–H groups in total. The fourth-order valence-electron chi connectivity index (χ4n) is 2.22. The topological polar surface area (TPSA) is 21.3 Å². The molecule has 1 fully saturated rings. The summed E-state index contributed by atoms with van der Waals surface area (Å²) in [6.45, 7) is 7.82. The van der Waals surface area contributed by atoms with E-state index in [1.807, 2.05) is 0 Å². The number of hydrogen-bond acceptors (Lipinski definition) is 2. The Hall–Kier alpha value is -0.0800. The van der Waals surface area contributed by atoms with Gasteiger partial charge in [0, 0.05) is 12.6 Å². The predicted molar refractivity (Wildman–Crippen MR) is 60.4 cm³/mol. The average Bonchev–Trinajstić information content (AvgIpc) is 2.53. The molecule has 0 amide bonds. The van der Waals surface area contributed by atoms with Crippen molar-refractivity contribution in [3.05, 3.63) is 0 Å². The van der Waals surface area contributed by atoms with Gasteiger partial charge in [-0.05, 0) is 38.1 Å². The number of likely N-dealkylation sites (N-methyl/N-ethyl adjacent to an activating group) is 1. The van der Waals surface area contributed by atoms with Crippen LogP contribution in [0.2, 0.25) is 0 Å². The van der Waals surface area contributed by atoms with Gasteiger partial charge in [-0.2, -0.15) is 0 Å². The van der Waals surface area contributed by atoms with Crippen molar-refractivity contribution in [1.82, 2.24) is 5.32 Å². The maximum Gasteiger partial charge on any atom is 0.0754 e. The van der Waals surface area contributed by atoms with Crippen LogP contribution in [-0.2, 0) is 4.74 Å². The Morgan fingerprint density at radius 1 is 1.36 bits per heavy atom. The van der Waals surface area contributed by atoms with Crippen molar-refractivity contribution in [2.24, 2.45) is 11.8 Å². The predicted octanol–water partition coefficient (Wildman–Crippen LogP) is 2.44. The Balaban J connectivity index is 2.36. The highest BCUT2D eigenvalue weighted by atomic mass is 16.5. The molecule has 0 saturated carbocycles.